The Morgan fingerprint density at radius 1 is 1.19 bits per heavy atom. The Hall–Kier alpha value is -2.50. The van der Waals surface area contributed by atoms with E-state index in [2.05, 4.69) is 49.6 Å². The highest BCUT2D eigenvalue weighted by molar-refractivity contribution is 5.79. The molecule has 1 unspecified atom stereocenters. The summed E-state index contributed by atoms with van der Waals surface area (Å²) in [5.41, 5.74) is 3.22. The molecule has 6 nitrogen and oxygen atoms in total. The topological polar surface area (TPSA) is 71.7 Å². The van der Waals surface area contributed by atoms with Crippen LogP contribution < -0.4 is 15.4 Å². The largest absolute Gasteiger partial charge is 0.489 e. The zero-order chi connectivity index (χ0) is 19.6. The molecule has 0 amide bonds. The number of hydrogen-bond acceptors (Lipinski definition) is 4. The van der Waals surface area contributed by atoms with Crippen LogP contribution in [0.5, 0.6) is 5.75 Å². The van der Waals surface area contributed by atoms with E-state index >= 15 is 0 Å². The van der Waals surface area contributed by atoms with Crippen LogP contribution in [0.1, 0.15) is 50.3 Å². The lowest BCUT2D eigenvalue weighted by molar-refractivity contribution is 0.222. The smallest absolute Gasteiger partial charge is 0.191 e. The van der Waals surface area contributed by atoms with Gasteiger partial charge in [0.05, 0.1) is 18.8 Å². The fourth-order valence-electron chi connectivity index (χ4n) is 2.80. The van der Waals surface area contributed by atoms with E-state index in [-0.39, 0.29) is 6.10 Å². The summed E-state index contributed by atoms with van der Waals surface area (Å²) in [6, 6.07) is 8.05. The number of aromatic nitrogens is 1. The normalized spacial score (nSPS) is 12.7. The van der Waals surface area contributed by atoms with Crippen LogP contribution in [-0.2, 0) is 19.4 Å². The summed E-state index contributed by atoms with van der Waals surface area (Å²) >= 11 is 0. The minimum absolute atomic E-state index is 0.0166. The Bertz CT molecular complexity index is 718. The second kappa shape index (κ2) is 10.6. The number of aliphatic imine (C=N–C) groups is 1. The van der Waals surface area contributed by atoms with E-state index < -0.39 is 0 Å². The number of benzene rings is 1. The SMILES string of the molecule is CCNC(=NCc1c(CC)noc1CC)NCC(C)Oc1ccccc1C. The molecule has 1 aromatic carbocycles. The Kier molecular flexibility index (Phi) is 8.17. The highest BCUT2D eigenvalue weighted by Crippen LogP contribution is 2.18. The molecule has 148 valence electrons. The van der Waals surface area contributed by atoms with E-state index in [9.17, 15) is 0 Å². The second-order valence-corrected chi connectivity index (χ2v) is 6.51. The van der Waals surface area contributed by atoms with E-state index in [0.717, 1.165) is 53.7 Å². The minimum atomic E-state index is 0.0166. The molecule has 0 radical (unpaired) electrons. The Morgan fingerprint density at radius 2 is 1.96 bits per heavy atom. The number of aryl methyl sites for hydroxylation is 3. The first-order valence-electron chi connectivity index (χ1n) is 9.79. The van der Waals surface area contributed by atoms with Crippen molar-refractivity contribution < 1.29 is 9.26 Å². The Balaban J connectivity index is 1.97. The van der Waals surface area contributed by atoms with Gasteiger partial charge >= 0.3 is 0 Å². The van der Waals surface area contributed by atoms with Gasteiger partial charge in [-0.3, -0.25) is 0 Å². The van der Waals surface area contributed by atoms with Gasteiger partial charge in [0.15, 0.2) is 5.96 Å². The van der Waals surface area contributed by atoms with Crippen molar-refractivity contribution in [2.75, 3.05) is 13.1 Å². The van der Waals surface area contributed by atoms with Crippen molar-refractivity contribution in [2.45, 2.75) is 60.1 Å². The molecule has 0 spiro atoms. The van der Waals surface area contributed by atoms with Gasteiger partial charge in [-0.05, 0) is 38.8 Å². The van der Waals surface area contributed by atoms with Gasteiger partial charge in [0.2, 0.25) is 0 Å². The summed E-state index contributed by atoms with van der Waals surface area (Å²) < 4.78 is 11.5. The number of nitrogens with zero attached hydrogens (tertiary/aromatic N) is 2. The van der Waals surface area contributed by atoms with E-state index in [1.54, 1.807) is 0 Å². The summed E-state index contributed by atoms with van der Waals surface area (Å²) in [7, 11) is 0. The fraction of sp³-hybridized carbons (Fsp3) is 0.524. The van der Waals surface area contributed by atoms with Crippen LogP contribution in [0.3, 0.4) is 0 Å². The molecule has 2 rings (SSSR count). The summed E-state index contributed by atoms with van der Waals surface area (Å²) in [5.74, 6) is 2.60. The maximum absolute atomic E-state index is 6.03. The van der Waals surface area contributed by atoms with Crippen LogP contribution in [-0.4, -0.2) is 30.3 Å². The van der Waals surface area contributed by atoms with Crippen LogP contribution in [0.4, 0.5) is 0 Å². The summed E-state index contributed by atoms with van der Waals surface area (Å²) in [6.07, 6.45) is 1.69. The van der Waals surface area contributed by atoms with Gasteiger partial charge < -0.3 is 19.9 Å². The molecule has 0 fully saturated rings. The maximum Gasteiger partial charge on any atom is 0.191 e. The molecule has 0 saturated heterocycles. The predicted octanol–water partition coefficient (Wildman–Crippen LogP) is 3.63. The molecule has 0 bridgehead atoms. The van der Waals surface area contributed by atoms with Gasteiger partial charge in [0, 0.05) is 18.5 Å². The first kappa shape index (κ1) is 20.8. The van der Waals surface area contributed by atoms with Gasteiger partial charge in [-0.1, -0.05) is 37.2 Å². The van der Waals surface area contributed by atoms with Gasteiger partial charge in [-0.15, -0.1) is 0 Å². The van der Waals surface area contributed by atoms with Crippen LogP contribution in [0.15, 0.2) is 33.8 Å². The molecular weight excluding hydrogens is 340 g/mol. The number of rotatable bonds is 9. The van der Waals surface area contributed by atoms with Crippen molar-refractivity contribution in [3.63, 3.8) is 0 Å². The maximum atomic E-state index is 6.03. The number of hydrogen-bond donors (Lipinski definition) is 2. The molecule has 0 aliphatic rings. The third-order valence-electron chi connectivity index (χ3n) is 4.33. The predicted molar refractivity (Wildman–Crippen MR) is 109 cm³/mol. The van der Waals surface area contributed by atoms with Gasteiger partial charge in [-0.25, -0.2) is 4.99 Å². The Morgan fingerprint density at radius 3 is 2.63 bits per heavy atom. The van der Waals surface area contributed by atoms with E-state index in [4.69, 9.17) is 14.3 Å². The molecule has 1 heterocycles. The minimum Gasteiger partial charge on any atom is -0.489 e. The number of para-hydroxylation sites is 1. The highest BCUT2D eigenvalue weighted by atomic mass is 16.5. The van der Waals surface area contributed by atoms with Crippen LogP contribution in [0.2, 0.25) is 0 Å². The molecule has 27 heavy (non-hydrogen) atoms. The van der Waals surface area contributed by atoms with Crippen molar-refractivity contribution >= 4 is 5.96 Å². The molecule has 2 N–H and O–H groups in total. The molecule has 0 aliphatic carbocycles. The number of nitrogens with one attached hydrogen (secondary N) is 2. The lowest BCUT2D eigenvalue weighted by Gasteiger charge is -2.18. The monoisotopic (exact) mass is 372 g/mol. The summed E-state index contributed by atoms with van der Waals surface area (Å²) in [6.45, 7) is 12.3. The third kappa shape index (κ3) is 6.01. The molecule has 6 heteroatoms. The van der Waals surface area contributed by atoms with E-state index in [0.29, 0.717) is 13.1 Å². The summed E-state index contributed by atoms with van der Waals surface area (Å²) in [4.78, 5) is 4.71. The van der Waals surface area contributed by atoms with Crippen molar-refractivity contribution in [1.29, 1.82) is 0 Å². The highest BCUT2D eigenvalue weighted by Gasteiger charge is 2.13. The van der Waals surface area contributed by atoms with Gasteiger partial charge in [-0.2, -0.15) is 0 Å². The zero-order valence-corrected chi connectivity index (χ0v) is 17.1. The van der Waals surface area contributed by atoms with Crippen molar-refractivity contribution in [3.8, 4) is 5.75 Å². The number of guanidine groups is 1. The average Bonchev–Trinajstić information content (AvgIpc) is 3.07. The molecule has 2 aromatic rings. The fourth-order valence-corrected chi connectivity index (χ4v) is 2.80. The molecule has 1 atom stereocenters. The van der Waals surface area contributed by atoms with Crippen LogP contribution in [0, 0.1) is 6.92 Å². The van der Waals surface area contributed by atoms with Gasteiger partial charge in [0.25, 0.3) is 0 Å². The van der Waals surface area contributed by atoms with Crippen molar-refractivity contribution in [3.05, 3.63) is 46.8 Å². The standard InChI is InChI=1S/C21H32N4O2/c1-6-18-17(19(7-2)27-25-18)14-24-21(22-8-3)23-13-16(5)26-20-12-10-9-11-15(20)4/h9-12,16H,6-8,13-14H2,1-5H3,(H2,22,23,24). The molecule has 0 saturated carbocycles. The molecular formula is C21H32N4O2. The van der Waals surface area contributed by atoms with Gasteiger partial charge in [0.1, 0.15) is 17.6 Å². The van der Waals surface area contributed by atoms with Crippen molar-refractivity contribution in [1.82, 2.24) is 15.8 Å². The van der Waals surface area contributed by atoms with E-state index in [1.165, 1.54) is 0 Å². The van der Waals surface area contributed by atoms with Crippen LogP contribution in [0.25, 0.3) is 0 Å². The molecule has 1 aromatic heterocycles. The van der Waals surface area contributed by atoms with Crippen LogP contribution >= 0.6 is 0 Å². The van der Waals surface area contributed by atoms with E-state index in [1.807, 2.05) is 25.1 Å². The third-order valence-corrected chi connectivity index (χ3v) is 4.33. The lowest BCUT2D eigenvalue weighted by Crippen LogP contribution is -2.41. The average molecular weight is 373 g/mol. The second-order valence-electron chi connectivity index (χ2n) is 6.51. The molecule has 0 aliphatic heterocycles. The first-order chi connectivity index (χ1) is 13.1. The zero-order valence-electron chi connectivity index (χ0n) is 17.1. The Labute approximate surface area is 162 Å². The lowest BCUT2D eigenvalue weighted by atomic mass is 10.1. The van der Waals surface area contributed by atoms with Crippen molar-refractivity contribution in [2.24, 2.45) is 4.99 Å². The first-order valence-corrected chi connectivity index (χ1v) is 9.79. The summed E-state index contributed by atoms with van der Waals surface area (Å²) in [5, 5.41) is 10.8. The quantitative estimate of drug-likeness (QED) is 0.519. The number of ether oxygens (including phenoxy) is 1.